The first kappa shape index (κ1) is 18.9. The predicted octanol–water partition coefficient (Wildman–Crippen LogP) is 2.49. The van der Waals surface area contributed by atoms with Crippen molar-refractivity contribution < 1.29 is 14.3 Å². The number of aryl methyl sites for hydroxylation is 2. The van der Waals surface area contributed by atoms with Gasteiger partial charge in [-0.15, -0.1) is 0 Å². The van der Waals surface area contributed by atoms with Gasteiger partial charge in [0.15, 0.2) is 6.10 Å². The Balaban J connectivity index is 1.99. The zero-order valence-corrected chi connectivity index (χ0v) is 15.1. The second-order valence-electron chi connectivity index (χ2n) is 5.77. The van der Waals surface area contributed by atoms with E-state index in [4.69, 9.17) is 10.00 Å². The average Bonchev–Trinajstić information content (AvgIpc) is 2.85. The molecule has 0 aliphatic carbocycles. The van der Waals surface area contributed by atoms with Crippen LogP contribution in [0.4, 0.5) is 5.69 Å². The normalized spacial score (nSPS) is 11.8. The van der Waals surface area contributed by atoms with Gasteiger partial charge in [0, 0.05) is 24.4 Å². The van der Waals surface area contributed by atoms with Crippen molar-refractivity contribution in [1.82, 2.24) is 9.78 Å². The smallest absolute Gasteiger partial charge is 0.331 e. The van der Waals surface area contributed by atoms with Crippen LogP contribution in [-0.2, 0) is 21.4 Å². The van der Waals surface area contributed by atoms with Crippen molar-refractivity contribution in [2.24, 2.45) is 7.05 Å². The number of anilines is 1. The molecule has 1 heterocycles. The van der Waals surface area contributed by atoms with E-state index in [-0.39, 0.29) is 0 Å². The van der Waals surface area contributed by atoms with E-state index in [2.05, 4.69) is 10.4 Å². The molecule has 7 nitrogen and oxygen atoms in total. The van der Waals surface area contributed by atoms with E-state index >= 15 is 0 Å². The van der Waals surface area contributed by atoms with E-state index < -0.39 is 18.0 Å². The number of amides is 1. The number of hydrogen-bond acceptors (Lipinski definition) is 5. The third kappa shape index (κ3) is 4.36. The third-order valence-corrected chi connectivity index (χ3v) is 3.92. The maximum Gasteiger partial charge on any atom is 0.331 e. The topological polar surface area (TPSA) is 97.0 Å². The van der Waals surface area contributed by atoms with Gasteiger partial charge in [-0.05, 0) is 39.0 Å². The van der Waals surface area contributed by atoms with Gasteiger partial charge in [0.2, 0.25) is 0 Å². The lowest BCUT2D eigenvalue weighted by atomic mass is 10.2. The summed E-state index contributed by atoms with van der Waals surface area (Å²) in [5.74, 6) is -1.15. The van der Waals surface area contributed by atoms with E-state index in [1.807, 2.05) is 27.0 Å². The summed E-state index contributed by atoms with van der Waals surface area (Å²) in [6, 6.07) is 8.59. The third-order valence-electron chi connectivity index (χ3n) is 3.92. The SMILES string of the molecule is Cc1nn(C)c(C)c1/C=C/C(=O)O[C@@H](C)C(=O)Nc1ccccc1C#N. The summed E-state index contributed by atoms with van der Waals surface area (Å²) in [6.07, 6.45) is 1.88. The highest BCUT2D eigenvalue weighted by Crippen LogP contribution is 2.15. The summed E-state index contributed by atoms with van der Waals surface area (Å²) in [4.78, 5) is 24.1. The summed E-state index contributed by atoms with van der Waals surface area (Å²) < 4.78 is 6.84. The number of benzene rings is 1. The Bertz CT molecular complexity index is 906. The van der Waals surface area contributed by atoms with Crippen molar-refractivity contribution in [3.05, 3.63) is 52.9 Å². The van der Waals surface area contributed by atoms with Crippen LogP contribution in [0.1, 0.15) is 29.4 Å². The number of nitriles is 1. The monoisotopic (exact) mass is 352 g/mol. The molecule has 7 heteroatoms. The molecule has 1 N–H and O–H groups in total. The van der Waals surface area contributed by atoms with Crippen molar-refractivity contribution >= 4 is 23.6 Å². The number of carbonyl (C=O) groups is 2. The fraction of sp³-hybridized carbons (Fsp3) is 0.263. The molecule has 0 radical (unpaired) electrons. The molecule has 0 fully saturated rings. The van der Waals surface area contributed by atoms with Crippen molar-refractivity contribution in [3.63, 3.8) is 0 Å². The van der Waals surface area contributed by atoms with Gasteiger partial charge in [-0.2, -0.15) is 10.4 Å². The first-order valence-electron chi connectivity index (χ1n) is 8.02. The number of ether oxygens (including phenoxy) is 1. The quantitative estimate of drug-likeness (QED) is 0.659. The molecule has 0 spiro atoms. The number of hydrogen-bond donors (Lipinski definition) is 1. The molecule has 1 amide bonds. The molecular weight excluding hydrogens is 332 g/mol. The van der Waals surface area contributed by atoms with Crippen LogP contribution < -0.4 is 5.32 Å². The van der Waals surface area contributed by atoms with Crippen LogP contribution in [-0.4, -0.2) is 27.8 Å². The van der Waals surface area contributed by atoms with Gasteiger partial charge in [-0.3, -0.25) is 9.48 Å². The van der Waals surface area contributed by atoms with Crippen molar-refractivity contribution in [3.8, 4) is 6.07 Å². The average molecular weight is 352 g/mol. The largest absolute Gasteiger partial charge is 0.449 e. The highest BCUT2D eigenvalue weighted by Gasteiger charge is 2.18. The number of nitrogens with zero attached hydrogens (tertiary/aromatic N) is 3. The van der Waals surface area contributed by atoms with Crippen LogP contribution in [0.2, 0.25) is 0 Å². The van der Waals surface area contributed by atoms with Crippen LogP contribution in [0.25, 0.3) is 6.08 Å². The van der Waals surface area contributed by atoms with E-state index in [0.717, 1.165) is 17.0 Å². The van der Waals surface area contributed by atoms with Crippen LogP contribution >= 0.6 is 0 Å². The van der Waals surface area contributed by atoms with Crippen LogP contribution in [0, 0.1) is 25.2 Å². The van der Waals surface area contributed by atoms with Crippen molar-refractivity contribution in [2.75, 3.05) is 5.32 Å². The lowest BCUT2D eigenvalue weighted by Crippen LogP contribution is -2.29. The number of esters is 1. The molecule has 0 bridgehead atoms. The van der Waals surface area contributed by atoms with Gasteiger partial charge >= 0.3 is 5.97 Å². The molecule has 0 aliphatic rings. The molecule has 0 saturated heterocycles. The summed E-state index contributed by atoms with van der Waals surface area (Å²) in [6.45, 7) is 5.21. The molecule has 134 valence electrons. The van der Waals surface area contributed by atoms with Crippen LogP contribution in [0.15, 0.2) is 30.3 Å². The lowest BCUT2D eigenvalue weighted by molar-refractivity contribution is -0.148. The Morgan fingerprint density at radius 1 is 1.35 bits per heavy atom. The van der Waals surface area contributed by atoms with E-state index in [0.29, 0.717) is 11.3 Å². The van der Waals surface area contributed by atoms with Crippen molar-refractivity contribution in [2.45, 2.75) is 26.9 Å². The molecular formula is C19H20N4O3. The minimum absolute atomic E-state index is 0.335. The highest BCUT2D eigenvalue weighted by molar-refractivity contribution is 5.97. The van der Waals surface area contributed by atoms with E-state index in [9.17, 15) is 9.59 Å². The molecule has 0 unspecified atom stereocenters. The standard InChI is InChI=1S/C19H20N4O3/c1-12-16(13(2)23(4)22-12)9-10-18(24)26-14(3)19(25)21-17-8-6-5-7-15(17)11-20/h5-10,14H,1-4H3,(H,21,25)/b10-9+/t14-/m0/s1. The second-order valence-corrected chi connectivity index (χ2v) is 5.77. The van der Waals surface area contributed by atoms with Gasteiger partial charge in [-0.25, -0.2) is 4.79 Å². The fourth-order valence-corrected chi connectivity index (χ4v) is 2.37. The Hall–Kier alpha value is -3.40. The van der Waals surface area contributed by atoms with Gasteiger partial charge in [-0.1, -0.05) is 12.1 Å². The summed E-state index contributed by atoms with van der Waals surface area (Å²) >= 11 is 0. The lowest BCUT2D eigenvalue weighted by Gasteiger charge is -2.13. The zero-order valence-electron chi connectivity index (χ0n) is 15.1. The molecule has 0 saturated carbocycles. The zero-order chi connectivity index (χ0) is 19.3. The van der Waals surface area contributed by atoms with Crippen LogP contribution in [0.5, 0.6) is 0 Å². The molecule has 1 aromatic carbocycles. The fourth-order valence-electron chi connectivity index (χ4n) is 2.37. The Morgan fingerprint density at radius 3 is 2.65 bits per heavy atom. The van der Waals surface area contributed by atoms with Gasteiger partial charge in [0.05, 0.1) is 16.9 Å². The number of rotatable bonds is 5. The van der Waals surface area contributed by atoms with Gasteiger partial charge in [0.1, 0.15) is 6.07 Å². The predicted molar refractivity (Wildman–Crippen MR) is 97.1 cm³/mol. The summed E-state index contributed by atoms with van der Waals surface area (Å²) in [5.41, 5.74) is 3.27. The Morgan fingerprint density at radius 2 is 2.04 bits per heavy atom. The Labute approximate surface area is 151 Å². The summed E-state index contributed by atoms with van der Waals surface area (Å²) in [5, 5.41) is 15.9. The van der Waals surface area contributed by atoms with Crippen molar-refractivity contribution in [1.29, 1.82) is 5.26 Å². The highest BCUT2D eigenvalue weighted by atomic mass is 16.5. The van der Waals surface area contributed by atoms with Gasteiger partial charge < -0.3 is 10.1 Å². The minimum atomic E-state index is -1.00. The first-order chi connectivity index (χ1) is 12.3. The molecule has 26 heavy (non-hydrogen) atoms. The first-order valence-corrected chi connectivity index (χ1v) is 8.02. The second kappa shape index (κ2) is 8.12. The number of nitrogens with one attached hydrogen (secondary N) is 1. The van der Waals surface area contributed by atoms with E-state index in [1.54, 1.807) is 35.0 Å². The molecule has 0 aliphatic heterocycles. The number of para-hydroxylation sites is 1. The summed E-state index contributed by atoms with van der Waals surface area (Å²) in [7, 11) is 1.82. The number of aromatic nitrogens is 2. The maximum atomic E-state index is 12.2. The number of carbonyl (C=O) groups excluding carboxylic acids is 2. The van der Waals surface area contributed by atoms with Crippen LogP contribution in [0.3, 0.4) is 0 Å². The molecule has 2 aromatic rings. The van der Waals surface area contributed by atoms with E-state index in [1.165, 1.54) is 13.0 Å². The maximum absolute atomic E-state index is 12.2. The molecule has 1 atom stereocenters. The molecule has 1 aromatic heterocycles. The molecule has 2 rings (SSSR count). The Kier molecular flexibility index (Phi) is 5.91. The minimum Gasteiger partial charge on any atom is -0.449 e. The van der Waals surface area contributed by atoms with Gasteiger partial charge in [0.25, 0.3) is 5.91 Å².